The van der Waals surface area contributed by atoms with Crippen molar-refractivity contribution in [2.75, 3.05) is 6.54 Å². The summed E-state index contributed by atoms with van der Waals surface area (Å²) in [6, 6.07) is 18.1. The smallest absolute Gasteiger partial charge is 0.387 e. The van der Waals surface area contributed by atoms with Gasteiger partial charge in [0.1, 0.15) is 17.3 Å². The van der Waals surface area contributed by atoms with Crippen molar-refractivity contribution >= 4 is 5.91 Å². The quantitative estimate of drug-likeness (QED) is 0.715. The number of nitrogens with two attached hydrogens (primary N) is 1. The van der Waals surface area contributed by atoms with E-state index in [4.69, 9.17) is 0 Å². The van der Waals surface area contributed by atoms with Crippen molar-refractivity contribution in [1.82, 2.24) is 5.32 Å². The Morgan fingerprint density at radius 1 is 1.10 bits per heavy atom. The number of halogens is 2. The first-order chi connectivity index (χ1) is 14.0. The summed E-state index contributed by atoms with van der Waals surface area (Å²) >= 11 is 0. The van der Waals surface area contributed by atoms with Crippen LogP contribution in [0.1, 0.15) is 42.9 Å². The Balaban J connectivity index is 1.71. The fraction of sp³-hybridized carbons (Fsp3) is 0.364. The normalized spacial score (nSPS) is 16.2. The number of alkyl halides is 2. The van der Waals surface area contributed by atoms with Crippen LogP contribution >= 0.6 is 0 Å². The minimum absolute atomic E-state index is 0.0884. The maximum atomic E-state index is 12.5. The third kappa shape index (κ3) is 5.52. The number of hydrogen-bond donors (Lipinski definition) is 2. The molecule has 1 aliphatic carbocycles. The Labute approximate surface area is 168 Å². The van der Waals surface area contributed by atoms with Crippen LogP contribution in [0.4, 0.5) is 8.78 Å². The van der Waals surface area contributed by atoms with E-state index >= 15 is 0 Å². The van der Waals surface area contributed by atoms with Gasteiger partial charge >= 0.3 is 6.61 Å². The molecule has 1 amide bonds. The monoisotopic (exact) mass is 400 g/mol. The fourth-order valence-corrected chi connectivity index (χ4v) is 3.77. The zero-order valence-electron chi connectivity index (χ0n) is 16.0. The topological polar surface area (TPSA) is 78.7 Å². The van der Waals surface area contributed by atoms with E-state index in [2.05, 4.69) is 16.1 Å². The highest BCUT2D eigenvalue weighted by Gasteiger charge is 2.35. The molecular formula is C22H24F2N3O2+. The van der Waals surface area contributed by atoms with Crippen LogP contribution in [0.2, 0.25) is 0 Å². The molecule has 0 spiro atoms. The third-order valence-corrected chi connectivity index (χ3v) is 5.21. The Bertz CT molecular complexity index is 845. The first-order valence-electron chi connectivity index (χ1n) is 9.67. The molecule has 29 heavy (non-hydrogen) atoms. The highest BCUT2D eigenvalue weighted by atomic mass is 19.3. The van der Waals surface area contributed by atoms with E-state index in [9.17, 15) is 18.8 Å². The molecule has 1 fully saturated rings. The van der Waals surface area contributed by atoms with Crippen LogP contribution in [0.25, 0.3) is 0 Å². The summed E-state index contributed by atoms with van der Waals surface area (Å²) in [5, 5.41) is 14.2. The Hall–Kier alpha value is -2.98. The summed E-state index contributed by atoms with van der Waals surface area (Å²) in [6.45, 7) is -2.72. The molecule has 3 N–H and O–H groups in total. The van der Waals surface area contributed by atoms with Crippen molar-refractivity contribution in [1.29, 1.82) is 5.26 Å². The van der Waals surface area contributed by atoms with Crippen LogP contribution in [0.5, 0.6) is 5.75 Å². The number of amides is 1. The lowest BCUT2D eigenvalue weighted by Gasteiger charge is -2.22. The van der Waals surface area contributed by atoms with E-state index in [-0.39, 0.29) is 24.2 Å². The lowest BCUT2D eigenvalue weighted by molar-refractivity contribution is -0.676. The number of ether oxygens (including phenoxy) is 1. The summed E-state index contributed by atoms with van der Waals surface area (Å²) in [5.74, 6) is -0.0995. The summed E-state index contributed by atoms with van der Waals surface area (Å²) in [5.41, 5.74) is 1.10. The van der Waals surface area contributed by atoms with E-state index < -0.39 is 12.2 Å². The predicted octanol–water partition coefficient (Wildman–Crippen LogP) is 2.89. The van der Waals surface area contributed by atoms with E-state index in [0.29, 0.717) is 12.8 Å². The van der Waals surface area contributed by atoms with Crippen LogP contribution in [0, 0.1) is 11.3 Å². The molecule has 3 rings (SSSR count). The van der Waals surface area contributed by atoms with Crippen LogP contribution < -0.4 is 15.4 Å². The number of carbonyl (C=O) groups excluding carboxylic acids is 1. The number of quaternary nitrogens is 1. The van der Waals surface area contributed by atoms with Crippen molar-refractivity contribution < 1.29 is 23.6 Å². The van der Waals surface area contributed by atoms with Gasteiger partial charge in [-0.05, 0) is 49.9 Å². The average molecular weight is 400 g/mol. The number of carbonyl (C=O) groups is 1. The van der Waals surface area contributed by atoms with Crippen LogP contribution in [0.15, 0.2) is 54.6 Å². The average Bonchev–Trinajstić information content (AvgIpc) is 3.18. The number of hydrogen-bond acceptors (Lipinski definition) is 3. The largest absolute Gasteiger partial charge is 0.435 e. The molecule has 1 atom stereocenters. The second kappa shape index (κ2) is 9.48. The summed E-state index contributed by atoms with van der Waals surface area (Å²) < 4.78 is 29.2. The molecule has 0 radical (unpaired) electrons. The van der Waals surface area contributed by atoms with Crippen molar-refractivity contribution in [3.8, 4) is 11.8 Å². The minimum atomic E-state index is -2.87. The Morgan fingerprint density at radius 2 is 1.72 bits per heavy atom. The summed E-state index contributed by atoms with van der Waals surface area (Å²) in [4.78, 5) is 12.5. The molecule has 7 heteroatoms. The van der Waals surface area contributed by atoms with Gasteiger partial charge in [0.05, 0.1) is 6.07 Å². The zero-order valence-corrected chi connectivity index (χ0v) is 16.0. The van der Waals surface area contributed by atoms with Gasteiger partial charge in [-0.25, -0.2) is 0 Å². The van der Waals surface area contributed by atoms with Crippen molar-refractivity contribution in [3.05, 3.63) is 65.7 Å². The van der Waals surface area contributed by atoms with Gasteiger partial charge in [0.2, 0.25) is 0 Å². The highest BCUT2D eigenvalue weighted by Crippen LogP contribution is 2.28. The molecule has 0 heterocycles. The van der Waals surface area contributed by atoms with Gasteiger partial charge in [-0.15, -0.1) is 0 Å². The fourth-order valence-electron chi connectivity index (χ4n) is 3.77. The lowest BCUT2D eigenvalue weighted by Crippen LogP contribution is -2.88. The molecule has 1 saturated carbocycles. The number of nitriles is 1. The maximum absolute atomic E-state index is 12.5. The first-order valence-corrected chi connectivity index (χ1v) is 9.67. The van der Waals surface area contributed by atoms with Gasteiger partial charge in [0, 0.05) is 11.1 Å². The molecule has 1 aliphatic rings. The van der Waals surface area contributed by atoms with Gasteiger partial charge < -0.3 is 15.4 Å². The Morgan fingerprint density at radius 3 is 2.31 bits per heavy atom. The van der Waals surface area contributed by atoms with Crippen LogP contribution in [0.3, 0.4) is 0 Å². The summed E-state index contributed by atoms with van der Waals surface area (Å²) in [7, 11) is 0. The van der Waals surface area contributed by atoms with Crippen LogP contribution in [-0.2, 0) is 4.79 Å². The summed E-state index contributed by atoms with van der Waals surface area (Å²) in [6.07, 6.45) is 3.25. The number of benzene rings is 2. The van der Waals surface area contributed by atoms with Gasteiger partial charge in [-0.3, -0.25) is 4.79 Å². The van der Waals surface area contributed by atoms with E-state index in [1.807, 2.05) is 35.6 Å². The number of nitrogens with one attached hydrogen (secondary N) is 1. The molecule has 0 bridgehead atoms. The van der Waals surface area contributed by atoms with Gasteiger partial charge in [0.15, 0.2) is 6.54 Å². The van der Waals surface area contributed by atoms with Gasteiger partial charge in [-0.2, -0.15) is 14.0 Å². The second-order valence-electron chi connectivity index (χ2n) is 7.22. The molecule has 2 aromatic carbocycles. The van der Waals surface area contributed by atoms with Crippen molar-refractivity contribution in [2.24, 2.45) is 0 Å². The first kappa shape index (κ1) is 20.7. The third-order valence-electron chi connectivity index (χ3n) is 5.21. The molecule has 2 aromatic rings. The molecule has 0 unspecified atom stereocenters. The predicted molar refractivity (Wildman–Crippen MR) is 103 cm³/mol. The minimum Gasteiger partial charge on any atom is -0.435 e. The van der Waals surface area contributed by atoms with Gasteiger partial charge in [-0.1, -0.05) is 30.3 Å². The number of rotatable bonds is 8. The molecule has 0 saturated heterocycles. The Kier molecular flexibility index (Phi) is 6.78. The van der Waals surface area contributed by atoms with Gasteiger partial charge in [0.25, 0.3) is 5.91 Å². The number of nitrogens with zero attached hydrogens (tertiary/aromatic N) is 1. The van der Waals surface area contributed by atoms with E-state index in [0.717, 1.165) is 24.0 Å². The van der Waals surface area contributed by atoms with Crippen molar-refractivity contribution in [3.63, 3.8) is 0 Å². The van der Waals surface area contributed by atoms with Crippen molar-refractivity contribution in [2.45, 2.75) is 43.9 Å². The molecule has 0 aliphatic heterocycles. The maximum Gasteiger partial charge on any atom is 0.387 e. The molecule has 0 aromatic heterocycles. The molecular weight excluding hydrogens is 376 g/mol. The lowest BCUT2D eigenvalue weighted by atomic mass is 9.98. The van der Waals surface area contributed by atoms with E-state index in [1.165, 1.54) is 12.1 Å². The SMILES string of the molecule is N#CC1(NC(=O)C[NH2+][C@H](c2ccccc2)c2ccc(OC(F)F)cc2)CCCC1. The highest BCUT2D eigenvalue weighted by molar-refractivity contribution is 5.78. The van der Waals surface area contributed by atoms with Crippen LogP contribution in [-0.4, -0.2) is 24.6 Å². The molecule has 5 nitrogen and oxygen atoms in total. The standard InChI is InChI=1S/C22H23F2N3O2/c23-21(24)29-18-10-8-17(9-11-18)20(16-6-2-1-3-7-16)26-14-19(28)27-22(15-25)12-4-5-13-22/h1-3,6-11,20-21,26H,4-5,12-14H2,(H,27,28)/p+1/t20-/m1/s1. The van der Waals surface area contributed by atoms with E-state index in [1.54, 1.807) is 12.1 Å². The zero-order chi connectivity index (χ0) is 20.7. The second-order valence-corrected chi connectivity index (χ2v) is 7.22. The molecule has 152 valence electrons.